The molecule has 16 heavy (non-hydrogen) atoms. The Hall–Kier alpha value is -1.60. The summed E-state index contributed by atoms with van der Waals surface area (Å²) in [7, 11) is 0. The van der Waals surface area contributed by atoms with E-state index < -0.39 is 6.61 Å². The molecule has 1 aromatic rings. The predicted molar refractivity (Wildman–Crippen MR) is 58.2 cm³/mol. The van der Waals surface area contributed by atoms with E-state index in [4.69, 9.17) is 6.42 Å². The van der Waals surface area contributed by atoms with E-state index in [0.29, 0.717) is 6.54 Å². The molecule has 0 saturated carbocycles. The molecule has 86 valence electrons. The number of nitrogens with one attached hydrogen (secondary N) is 1. The number of halogens is 2. The monoisotopic (exact) mass is 225 g/mol. The largest absolute Gasteiger partial charge is 0.435 e. The highest BCUT2D eigenvalue weighted by Gasteiger charge is 2.03. The molecule has 4 heteroatoms. The smallest absolute Gasteiger partial charge is 0.387 e. The highest BCUT2D eigenvalue weighted by molar-refractivity contribution is 5.27. The van der Waals surface area contributed by atoms with Gasteiger partial charge < -0.3 is 4.74 Å². The van der Waals surface area contributed by atoms with Crippen molar-refractivity contribution in [3.8, 4) is 18.1 Å². The number of hydrogen-bond acceptors (Lipinski definition) is 2. The van der Waals surface area contributed by atoms with Gasteiger partial charge in [-0.1, -0.05) is 18.1 Å². The average molecular weight is 225 g/mol. The summed E-state index contributed by atoms with van der Waals surface area (Å²) in [6.45, 7) is -0.320. The summed E-state index contributed by atoms with van der Waals surface area (Å²) < 4.78 is 28.0. The van der Waals surface area contributed by atoms with Crippen LogP contribution in [0.15, 0.2) is 24.3 Å². The Kier molecular flexibility index (Phi) is 4.74. The lowest BCUT2D eigenvalue weighted by Crippen LogP contribution is -2.23. The lowest BCUT2D eigenvalue weighted by Gasteiger charge is -2.08. The fraction of sp³-hybridized carbons (Fsp3) is 0.333. The van der Waals surface area contributed by atoms with Crippen LogP contribution in [-0.4, -0.2) is 12.7 Å². The first-order valence-corrected chi connectivity index (χ1v) is 4.85. The second kappa shape index (κ2) is 6.09. The van der Waals surface area contributed by atoms with Crippen molar-refractivity contribution >= 4 is 0 Å². The first kappa shape index (κ1) is 12.5. The fourth-order valence-corrected chi connectivity index (χ4v) is 1.12. The molecule has 0 aliphatic rings. The van der Waals surface area contributed by atoms with Crippen molar-refractivity contribution in [3.63, 3.8) is 0 Å². The normalized spacial score (nSPS) is 12.2. The maximum atomic E-state index is 11.9. The van der Waals surface area contributed by atoms with Crippen LogP contribution in [0.5, 0.6) is 5.75 Å². The van der Waals surface area contributed by atoms with Crippen LogP contribution >= 0.6 is 0 Å². The van der Waals surface area contributed by atoms with Crippen LogP contribution in [0, 0.1) is 12.3 Å². The third-order valence-electron chi connectivity index (χ3n) is 2.01. The van der Waals surface area contributed by atoms with Crippen molar-refractivity contribution in [1.82, 2.24) is 5.32 Å². The highest BCUT2D eigenvalue weighted by atomic mass is 19.3. The van der Waals surface area contributed by atoms with Gasteiger partial charge in [0.2, 0.25) is 0 Å². The number of alkyl halides is 2. The summed E-state index contributed by atoms with van der Waals surface area (Å²) >= 11 is 0. The van der Waals surface area contributed by atoms with Gasteiger partial charge in [0.15, 0.2) is 0 Å². The zero-order chi connectivity index (χ0) is 12.0. The number of benzene rings is 1. The number of ether oxygens (including phenoxy) is 1. The second-order valence-corrected chi connectivity index (χ2v) is 3.29. The maximum absolute atomic E-state index is 11.9. The summed E-state index contributed by atoms with van der Waals surface area (Å²) in [6.07, 6.45) is 5.20. The van der Waals surface area contributed by atoms with Gasteiger partial charge in [0, 0.05) is 6.54 Å². The fourth-order valence-electron chi connectivity index (χ4n) is 1.12. The molecule has 1 aromatic carbocycles. The molecule has 0 radical (unpaired) electrons. The molecule has 1 unspecified atom stereocenters. The van der Waals surface area contributed by atoms with Crippen LogP contribution in [0.4, 0.5) is 8.78 Å². The first-order chi connectivity index (χ1) is 7.61. The molecule has 2 nitrogen and oxygen atoms in total. The average Bonchev–Trinajstić information content (AvgIpc) is 2.27. The lowest BCUT2D eigenvalue weighted by atomic mass is 10.2. The van der Waals surface area contributed by atoms with Crippen molar-refractivity contribution in [2.24, 2.45) is 0 Å². The summed E-state index contributed by atoms with van der Waals surface area (Å²) in [4.78, 5) is 0. The molecule has 1 rings (SSSR count). The van der Waals surface area contributed by atoms with Gasteiger partial charge >= 0.3 is 6.61 Å². The maximum Gasteiger partial charge on any atom is 0.387 e. The van der Waals surface area contributed by atoms with Crippen LogP contribution in [0.25, 0.3) is 0 Å². The molecule has 0 aromatic heterocycles. The Labute approximate surface area is 93.6 Å². The minimum Gasteiger partial charge on any atom is -0.435 e. The molecule has 0 aliphatic carbocycles. The van der Waals surface area contributed by atoms with E-state index in [1.165, 1.54) is 12.1 Å². The Morgan fingerprint density at radius 1 is 1.38 bits per heavy atom. The van der Waals surface area contributed by atoms with Gasteiger partial charge in [-0.2, -0.15) is 8.78 Å². The predicted octanol–water partition coefficient (Wildman–Crippen LogP) is 2.40. The van der Waals surface area contributed by atoms with E-state index in [1.807, 2.05) is 6.92 Å². The first-order valence-electron chi connectivity index (χ1n) is 4.85. The standard InChI is InChI=1S/C12H13F2NO/c1-3-9(2)15-8-10-4-6-11(7-5-10)16-12(13)14/h1,4-7,9,12,15H,8H2,2H3. The van der Waals surface area contributed by atoms with Crippen LogP contribution in [0.1, 0.15) is 12.5 Å². The Bertz CT molecular complexity index is 356. The highest BCUT2D eigenvalue weighted by Crippen LogP contribution is 2.14. The number of rotatable bonds is 5. The van der Waals surface area contributed by atoms with Crippen molar-refractivity contribution in [2.45, 2.75) is 26.1 Å². The molecule has 0 aliphatic heterocycles. The van der Waals surface area contributed by atoms with Gasteiger partial charge in [0.25, 0.3) is 0 Å². The van der Waals surface area contributed by atoms with E-state index in [1.54, 1.807) is 12.1 Å². The van der Waals surface area contributed by atoms with E-state index in [-0.39, 0.29) is 11.8 Å². The second-order valence-electron chi connectivity index (χ2n) is 3.29. The van der Waals surface area contributed by atoms with Crippen LogP contribution < -0.4 is 10.1 Å². The molecule has 0 fully saturated rings. The Balaban J connectivity index is 2.49. The molecule has 1 N–H and O–H groups in total. The van der Waals surface area contributed by atoms with E-state index in [0.717, 1.165) is 5.56 Å². The van der Waals surface area contributed by atoms with Crippen molar-refractivity contribution in [2.75, 3.05) is 0 Å². The summed E-state index contributed by atoms with van der Waals surface area (Å²) in [5.41, 5.74) is 0.962. The Morgan fingerprint density at radius 2 is 2.00 bits per heavy atom. The molecule has 0 saturated heterocycles. The molecule has 0 spiro atoms. The topological polar surface area (TPSA) is 21.3 Å². The van der Waals surface area contributed by atoms with E-state index >= 15 is 0 Å². The summed E-state index contributed by atoms with van der Waals surface area (Å²) in [5, 5.41) is 3.08. The summed E-state index contributed by atoms with van der Waals surface area (Å²) in [6, 6.07) is 6.42. The van der Waals surface area contributed by atoms with Gasteiger partial charge in [-0.15, -0.1) is 6.42 Å². The minimum atomic E-state index is -2.79. The zero-order valence-electron chi connectivity index (χ0n) is 8.91. The van der Waals surface area contributed by atoms with Gasteiger partial charge in [-0.25, -0.2) is 0 Å². The van der Waals surface area contributed by atoms with Crippen LogP contribution in [0.3, 0.4) is 0 Å². The third-order valence-corrected chi connectivity index (χ3v) is 2.01. The lowest BCUT2D eigenvalue weighted by molar-refractivity contribution is -0.0498. The van der Waals surface area contributed by atoms with Gasteiger partial charge in [-0.05, 0) is 24.6 Å². The van der Waals surface area contributed by atoms with Gasteiger partial charge in [0.05, 0.1) is 6.04 Å². The Morgan fingerprint density at radius 3 is 2.50 bits per heavy atom. The summed E-state index contributed by atoms with van der Waals surface area (Å²) in [5.74, 6) is 2.69. The van der Waals surface area contributed by atoms with Crippen molar-refractivity contribution < 1.29 is 13.5 Å². The molecular weight excluding hydrogens is 212 g/mol. The quantitative estimate of drug-likeness (QED) is 0.777. The van der Waals surface area contributed by atoms with Gasteiger partial charge in [0.1, 0.15) is 5.75 Å². The third kappa shape index (κ3) is 4.28. The molecule has 0 bridgehead atoms. The SMILES string of the molecule is C#CC(C)NCc1ccc(OC(F)F)cc1. The van der Waals surface area contributed by atoms with Crippen molar-refractivity contribution in [3.05, 3.63) is 29.8 Å². The molecule has 0 heterocycles. The zero-order valence-corrected chi connectivity index (χ0v) is 8.91. The molecule has 0 amide bonds. The number of terminal acetylenes is 1. The molecular formula is C12H13F2NO. The molecule has 1 atom stereocenters. The van der Waals surface area contributed by atoms with Crippen LogP contribution in [0.2, 0.25) is 0 Å². The number of hydrogen-bond donors (Lipinski definition) is 1. The van der Waals surface area contributed by atoms with Crippen molar-refractivity contribution in [1.29, 1.82) is 0 Å². The van der Waals surface area contributed by atoms with E-state index in [2.05, 4.69) is 16.0 Å². The van der Waals surface area contributed by atoms with Crippen LogP contribution in [-0.2, 0) is 6.54 Å². The minimum absolute atomic E-state index is 0.0167. The van der Waals surface area contributed by atoms with Gasteiger partial charge in [-0.3, -0.25) is 5.32 Å². The van der Waals surface area contributed by atoms with E-state index in [9.17, 15) is 8.78 Å².